The van der Waals surface area contributed by atoms with Crippen LogP contribution in [-0.4, -0.2) is 127 Å². The summed E-state index contributed by atoms with van der Waals surface area (Å²) in [4.78, 5) is 113. The van der Waals surface area contributed by atoms with E-state index in [1.807, 2.05) is 0 Å². The van der Waals surface area contributed by atoms with Crippen LogP contribution in [0.3, 0.4) is 0 Å². The molecule has 0 spiro atoms. The number of carbonyl (C=O) groups excluding carboxylic acids is 5. The number of amides is 5. The highest BCUT2D eigenvalue weighted by Crippen LogP contribution is 2.14. The largest absolute Gasteiger partial charge is 0.508 e. The van der Waals surface area contributed by atoms with Crippen LogP contribution in [0.4, 0.5) is 0 Å². The maximum absolute atomic E-state index is 14.0. The van der Waals surface area contributed by atoms with Crippen molar-refractivity contribution in [1.82, 2.24) is 36.6 Å². The van der Waals surface area contributed by atoms with Gasteiger partial charge in [-0.3, -0.25) is 38.6 Å². The number of hydrogen-bond donors (Lipinski definition) is 13. The summed E-state index contributed by atoms with van der Waals surface area (Å²) in [6, 6.07) is -3.74. The molecule has 0 fully saturated rings. The van der Waals surface area contributed by atoms with Gasteiger partial charge >= 0.3 is 17.9 Å². The summed E-state index contributed by atoms with van der Waals surface area (Å²) in [5.74, 6) is -10.3. The molecule has 23 heteroatoms. The quantitative estimate of drug-likeness (QED) is 0.0266. The molecule has 0 unspecified atom stereocenters. The van der Waals surface area contributed by atoms with Gasteiger partial charge in [0.15, 0.2) is 5.96 Å². The summed E-state index contributed by atoms with van der Waals surface area (Å²) < 4.78 is 0. The fourth-order valence-corrected chi connectivity index (χ4v) is 5.37. The third-order valence-corrected chi connectivity index (χ3v) is 8.72. The number of phenolic OH excluding ortho intramolecular Hbond substituents is 1. The van der Waals surface area contributed by atoms with Gasteiger partial charge in [0.05, 0.1) is 25.2 Å². The number of imidazole rings is 1. The van der Waals surface area contributed by atoms with Crippen molar-refractivity contribution in [2.45, 2.75) is 95.0 Å². The van der Waals surface area contributed by atoms with Gasteiger partial charge < -0.3 is 69.2 Å². The number of nitrogens with zero attached hydrogens (tertiary/aromatic N) is 2. The Morgan fingerprint density at radius 1 is 0.759 bits per heavy atom. The van der Waals surface area contributed by atoms with Gasteiger partial charge in [-0.1, -0.05) is 32.4 Å². The standard InChI is InChI=1S/C35H51N11O12/c1-3-17(2)28(46-29(52)21(36)13-26(48)49)33(56)45-25(14-27(50)51)32(55)43-23(11-18-6-8-20(47)9-7-18)30(53)44-24(12-19-15-39-16-41-19)31(54)42-22(34(57)58)5-4-10-40-35(37)38/h6-9,15-17,21-25,28,47H,3-5,10-14,36H2,1-2H3,(H,39,41)(H,42,54)(H,43,55)(H,44,53)(H,45,56)(H,46,52)(H,48,49)(H,50,51)(H,57,58)(H4,37,38,40)/t17-,21-,22-,23-,24-,25-,28-/m0/s1. The molecule has 23 nitrogen and oxygen atoms in total. The summed E-state index contributed by atoms with van der Waals surface area (Å²) in [6.07, 6.45) is 0.793. The van der Waals surface area contributed by atoms with E-state index in [2.05, 4.69) is 41.5 Å². The molecular formula is C35H51N11O12. The molecule has 0 aliphatic rings. The number of rotatable bonds is 25. The number of aromatic amines is 1. The van der Waals surface area contributed by atoms with E-state index >= 15 is 0 Å². The highest BCUT2D eigenvalue weighted by Gasteiger charge is 2.35. The molecule has 58 heavy (non-hydrogen) atoms. The van der Waals surface area contributed by atoms with Crippen molar-refractivity contribution in [3.63, 3.8) is 0 Å². The zero-order valence-electron chi connectivity index (χ0n) is 31.8. The molecule has 2 rings (SSSR count). The van der Waals surface area contributed by atoms with Gasteiger partial charge in [0, 0.05) is 31.3 Å². The Hall–Kier alpha value is -6.78. The van der Waals surface area contributed by atoms with Gasteiger partial charge in [-0.25, -0.2) is 9.78 Å². The van der Waals surface area contributed by atoms with Crippen LogP contribution in [0, 0.1) is 5.92 Å². The molecule has 7 atom stereocenters. The maximum Gasteiger partial charge on any atom is 0.326 e. The molecule has 16 N–H and O–H groups in total. The summed E-state index contributed by atoms with van der Waals surface area (Å²) in [5, 5.41) is 50.2. The monoisotopic (exact) mass is 817 g/mol. The molecule has 1 heterocycles. The molecule has 0 saturated heterocycles. The first-order valence-corrected chi connectivity index (χ1v) is 18.0. The van der Waals surface area contributed by atoms with E-state index in [9.17, 15) is 53.7 Å². The Morgan fingerprint density at radius 3 is 1.83 bits per heavy atom. The second kappa shape index (κ2) is 23.3. The average Bonchev–Trinajstić information content (AvgIpc) is 3.67. The van der Waals surface area contributed by atoms with E-state index in [1.165, 1.54) is 36.8 Å². The number of carboxylic acids is 3. The Balaban J connectivity index is 2.43. The molecular weight excluding hydrogens is 766 g/mol. The van der Waals surface area contributed by atoms with E-state index in [4.69, 9.17) is 22.3 Å². The van der Waals surface area contributed by atoms with E-state index in [0.29, 0.717) is 17.7 Å². The van der Waals surface area contributed by atoms with Crippen LogP contribution in [0.5, 0.6) is 5.75 Å². The first-order valence-electron chi connectivity index (χ1n) is 18.0. The minimum atomic E-state index is -1.84. The van der Waals surface area contributed by atoms with E-state index < -0.39 is 102 Å². The van der Waals surface area contributed by atoms with Crippen LogP contribution in [0.1, 0.15) is 57.2 Å². The fourth-order valence-electron chi connectivity index (χ4n) is 5.37. The van der Waals surface area contributed by atoms with Crippen molar-refractivity contribution in [3.05, 3.63) is 48.0 Å². The summed E-state index contributed by atoms with van der Waals surface area (Å²) in [7, 11) is 0. The van der Waals surface area contributed by atoms with Crippen LogP contribution < -0.4 is 43.8 Å². The Labute approximate surface area is 332 Å². The average molecular weight is 818 g/mol. The van der Waals surface area contributed by atoms with Crippen LogP contribution in [0.15, 0.2) is 41.8 Å². The third-order valence-electron chi connectivity index (χ3n) is 8.72. The number of aliphatic imine (C=N–C) groups is 1. The first kappa shape index (κ1) is 47.4. The number of benzene rings is 1. The van der Waals surface area contributed by atoms with Crippen molar-refractivity contribution >= 4 is 53.4 Å². The molecule has 2 aromatic rings. The SMILES string of the molecule is CC[C@H](C)[C@H](NC(=O)[C@@H](N)CC(=O)O)C(=O)N[C@@H](CC(=O)O)C(=O)N[C@@H](Cc1ccc(O)cc1)C(=O)N[C@@H](Cc1cnc[nH]1)C(=O)N[C@@H](CCCN=C(N)N)C(=O)O. The third kappa shape index (κ3) is 16.5. The molecule has 5 amide bonds. The molecule has 0 saturated carbocycles. The number of aromatic hydroxyl groups is 1. The van der Waals surface area contributed by atoms with Crippen LogP contribution in [-0.2, 0) is 51.2 Å². The summed E-state index contributed by atoms with van der Waals surface area (Å²) in [5.41, 5.74) is 17.0. The molecule has 0 aliphatic heterocycles. The van der Waals surface area contributed by atoms with E-state index in [0.717, 1.165) is 0 Å². The fraction of sp³-hybridized carbons (Fsp3) is 0.486. The Kier molecular flexibility index (Phi) is 19.1. The molecule has 1 aromatic carbocycles. The van der Waals surface area contributed by atoms with Gasteiger partial charge in [-0.2, -0.15) is 0 Å². The van der Waals surface area contributed by atoms with E-state index in [1.54, 1.807) is 13.8 Å². The Bertz CT molecular complexity index is 1770. The minimum Gasteiger partial charge on any atom is -0.508 e. The van der Waals surface area contributed by atoms with Crippen molar-refractivity contribution in [3.8, 4) is 5.75 Å². The summed E-state index contributed by atoms with van der Waals surface area (Å²) in [6.45, 7) is 3.32. The van der Waals surface area contributed by atoms with Gasteiger partial charge in [-0.05, 0) is 36.5 Å². The zero-order valence-corrected chi connectivity index (χ0v) is 31.8. The number of H-pyrrole nitrogens is 1. The lowest BCUT2D eigenvalue weighted by atomic mass is 9.97. The van der Waals surface area contributed by atoms with Crippen LogP contribution >= 0.6 is 0 Å². The molecule has 0 bridgehead atoms. The number of hydrogen-bond acceptors (Lipinski definition) is 12. The first-order chi connectivity index (χ1) is 27.3. The number of carboxylic acid groups (broad SMARTS) is 3. The number of carbonyl (C=O) groups is 8. The molecule has 0 radical (unpaired) electrons. The van der Waals surface area contributed by atoms with Gasteiger partial charge in [0.25, 0.3) is 0 Å². The minimum absolute atomic E-state index is 0.0755. The highest BCUT2D eigenvalue weighted by atomic mass is 16.4. The van der Waals surface area contributed by atoms with Crippen LogP contribution in [0.25, 0.3) is 0 Å². The van der Waals surface area contributed by atoms with Gasteiger partial charge in [0.1, 0.15) is 36.0 Å². The highest BCUT2D eigenvalue weighted by molar-refractivity contribution is 5.98. The lowest BCUT2D eigenvalue weighted by Crippen LogP contribution is -2.61. The lowest BCUT2D eigenvalue weighted by Gasteiger charge is -2.28. The topological polar surface area (TPSA) is 397 Å². The second-order valence-electron chi connectivity index (χ2n) is 13.4. The maximum atomic E-state index is 14.0. The predicted molar refractivity (Wildman–Crippen MR) is 203 cm³/mol. The molecule has 318 valence electrons. The number of guanidine groups is 1. The van der Waals surface area contributed by atoms with Crippen molar-refractivity contribution < 1.29 is 58.8 Å². The smallest absolute Gasteiger partial charge is 0.326 e. The zero-order chi connectivity index (χ0) is 43.5. The molecule has 1 aromatic heterocycles. The van der Waals surface area contributed by atoms with E-state index in [-0.39, 0.29) is 43.9 Å². The number of phenols is 1. The van der Waals surface area contributed by atoms with Crippen molar-refractivity contribution in [2.24, 2.45) is 28.1 Å². The van der Waals surface area contributed by atoms with Crippen molar-refractivity contribution in [2.75, 3.05) is 6.54 Å². The van der Waals surface area contributed by atoms with Gasteiger partial charge in [0.2, 0.25) is 29.5 Å². The van der Waals surface area contributed by atoms with Crippen molar-refractivity contribution in [1.29, 1.82) is 0 Å². The number of nitrogens with two attached hydrogens (primary N) is 3. The molecule has 0 aliphatic carbocycles. The van der Waals surface area contributed by atoms with Crippen LogP contribution in [0.2, 0.25) is 0 Å². The predicted octanol–water partition coefficient (Wildman–Crippen LogP) is -3.21. The number of aliphatic carboxylic acids is 3. The van der Waals surface area contributed by atoms with Gasteiger partial charge in [-0.15, -0.1) is 0 Å². The summed E-state index contributed by atoms with van der Waals surface area (Å²) >= 11 is 0. The normalized spacial score (nSPS) is 14.5. The number of aromatic nitrogens is 2. The Morgan fingerprint density at radius 2 is 1.31 bits per heavy atom. The number of nitrogens with one attached hydrogen (secondary N) is 6. The second-order valence-corrected chi connectivity index (χ2v) is 13.4. The lowest BCUT2D eigenvalue weighted by molar-refractivity contribution is -0.142.